The van der Waals surface area contributed by atoms with Crippen molar-refractivity contribution in [2.75, 3.05) is 13.2 Å². The summed E-state index contributed by atoms with van der Waals surface area (Å²) in [5.74, 6) is 0. The molecule has 18 heavy (non-hydrogen) atoms. The maximum Gasteiger partial charge on any atom is 0.0594 e. The summed E-state index contributed by atoms with van der Waals surface area (Å²) in [6.45, 7) is 6.32. The summed E-state index contributed by atoms with van der Waals surface area (Å²) in [7, 11) is 0. The number of benzene rings is 1. The van der Waals surface area contributed by atoms with Crippen molar-refractivity contribution >= 4 is 0 Å². The number of ether oxygens (including phenoxy) is 1. The fraction of sp³-hybridized carbons (Fsp3) is 0.625. The van der Waals surface area contributed by atoms with E-state index in [0.29, 0.717) is 12.1 Å². The van der Waals surface area contributed by atoms with E-state index in [0.717, 1.165) is 26.0 Å². The van der Waals surface area contributed by atoms with Crippen molar-refractivity contribution in [2.45, 2.75) is 51.7 Å². The minimum absolute atomic E-state index is 0.434. The second-order valence-corrected chi connectivity index (χ2v) is 5.08. The predicted molar refractivity (Wildman–Crippen MR) is 75.8 cm³/mol. The van der Waals surface area contributed by atoms with E-state index in [9.17, 15) is 0 Å². The number of aryl methyl sites for hydroxylation is 1. The lowest BCUT2D eigenvalue weighted by atomic mass is 9.98. The molecule has 0 radical (unpaired) electrons. The second kappa shape index (κ2) is 6.91. The van der Waals surface area contributed by atoms with E-state index in [1.165, 1.54) is 24.0 Å². The minimum atomic E-state index is 0.434. The Hall–Kier alpha value is -0.860. The molecule has 0 amide bonds. The molecule has 1 fully saturated rings. The van der Waals surface area contributed by atoms with Gasteiger partial charge in [-0.25, -0.2) is 0 Å². The van der Waals surface area contributed by atoms with E-state index in [2.05, 4.69) is 43.4 Å². The summed E-state index contributed by atoms with van der Waals surface area (Å²) in [5, 5.41) is 3.58. The zero-order valence-corrected chi connectivity index (χ0v) is 11.6. The van der Waals surface area contributed by atoms with Gasteiger partial charge >= 0.3 is 0 Å². The first-order valence-electron chi connectivity index (χ1n) is 7.27. The Morgan fingerprint density at radius 2 is 2.06 bits per heavy atom. The van der Waals surface area contributed by atoms with Crippen molar-refractivity contribution < 1.29 is 4.74 Å². The third-order valence-corrected chi connectivity index (χ3v) is 3.76. The lowest BCUT2D eigenvalue weighted by molar-refractivity contribution is 0.0947. The van der Waals surface area contributed by atoms with Crippen LogP contribution in [0.15, 0.2) is 24.3 Å². The molecule has 1 saturated heterocycles. The van der Waals surface area contributed by atoms with Crippen molar-refractivity contribution in [1.82, 2.24) is 5.32 Å². The maximum atomic E-state index is 5.76. The highest BCUT2D eigenvalue weighted by Gasteiger charge is 2.21. The fourth-order valence-electron chi connectivity index (χ4n) is 2.66. The standard InChI is InChI=1S/C16H25NO/c1-3-13-7-9-14(10-8-13)16(17-4-2)12-15-6-5-11-18-15/h7-10,15-17H,3-6,11-12H2,1-2H3. The monoisotopic (exact) mass is 247 g/mol. The van der Waals surface area contributed by atoms with Gasteiger partial charge in [-0.1, -0.05) is 38.1 Å². The van der Waals surface area contributed by atoms with Crippen LogP contribution < -0.4 is 5.32 Å². The molecule has 1 aliphatic heterocycles. The predicted octanol–water partition coefficient (Wildman–Crippen LogP) is 3.47. The molecular formula is C16H25NO. The molecule has 2 unspecified atom stereocenters. The SMILES string of the molecule is CCNC(CC1CCCO1)c1ccc(CC)cc1. The number of nitrogens with one attached hydrogen (secondary N) is 1. The largest absolute Gasteiger partial charge is 0.378 e. The number of rotatable bonds is 6. The molecule has 1 aliphatic rings. The van der Waals surface area contributed by atoms with Crippen molar-refractivity contribution in [3.8, 4) is 0 Å². The van der Waals surface area contributed by atoms with E-state index >= 15 is 0 Å². The Bertz CT molecular complexity index is 341. The Kier molecular flexibility index (Phi) is 5.21. The molecule has 0 bridgehead atoms. The van der Waals surface area contributed by atoms with Crippen LogP contribution in [0.2, 0.25) is 0 Å². The molecule has 2 heteroatoms. The molecule has 1 aromatic carbocycles. The van der Waals surface area contributed by atoms with E-state index < -0.39 is 0 Å². The Morgan fingerprint density at radius 1 is 1.28 bits per heavy atom. The Labute approximate surface area is 111 Å². The quantitative estimate of drug-likeness (QED) is 0.831. The molecule has 2 nitrogen and oxygen atoms in total. The van der Waals surface area contributed by atoms with Crippen LogP contribution in [-0.4, -0.2) is 19.3 Å². The van der Waals surface area contributed by atoms with Crippen LogP contribution >= 0.6 is 0 Å². The smallest absolute Gasteiger partial charge is 0.0594 e. The number of hydrogen-bond acceptors (Lipinski definition) is 2. The van der Waals surface area contributed by atoms with Gasteiger partial charge in [-0.15, -0.1) is 0 Å². The molecular weight excluding hydrogens is 222 g/mol. The summed E-state index contributed by atoms with van der Waals surface area (Å²) >= 11 is 0. The third kappa shape index (κ3) is 3.56. The number of hydrogen-bond donors (Lipinski definition) is 1. The first-order chi connectivity index (χ1) is 8.83. The van der Waals surface area contributed by atoms with Crippen molar-refractivity contribution in [2.24, 2.45) is 0 Å². The lowest BCUT2D eigenvalue weighted by Crippen LogP contribution is -2.25. The van der Waals surface area contributed by atoms with E-state index in [1.54, 1.807) is 0 Å². The molecule has 1 heterocycles. The molecule has 0 aliphatic carbocycles. The normalized spacial score (nSPS) is 21.1. The van der Waals surface area contributed by atoms with Crippen LogP contribution in [0.5, 0.6) is 0 Å². The second-order valence-electron chi connectivity index (χ2n) is 5.08. The molecule has 0 spiro atoms. The summed E-state index contributed by atoms with van der Waals surface area (Å²) in [6, 6.07) is 9.45. The van der Waals surface area contributed by atoms with Crippen LogP contribution in [0.1, 0.15) is 50.3 Å². The van der Waals surface area contributed by atoms with Gasteiger partial charge in [-0.05, 0) is 43.4 Å². The third-order valence-electron chi connectivity index (χ3n) is 3.76. The topological polar surface area (TPSA) is 21.3 Å². The summed E-state index contributed by atoms with van der Waals surface area (Å²) < 4.78 is 5.76. The van der Waals surface area contributed by atoms with E-state index in [4.69, 9.17) is 4.74 Å². The van der Waals surface area contributed by atoms with Gasteiger partial charge in [-0.3, -0.25) is 0 Å². The minimum Gasteiger partial charge on any atom is -0.378 e. The van der Waals surface area contributed by atoms with Gasteiger partial charge in [0.05, 0.1) is 6.10 Å². The molecule has 1 N–H and O–H groups in total. The zero-order valence-electron chi connectivity index (χ0n) is 11.6. The average Bonchev–Trinajstić information content (AvgIpc) is 2.91. The van der Waals surface area contributed by atoms with Gasteiger partial charge in [0.25, 0.3) is 0 Å². The molecule has 2 rings (SSSR count). The van der Waals surface area contributed by atoms with Crippen LogP contribution in [0, 0.1) is 0 Å². The highest BCUT2D eigenvalue weighted by molar-refractivity contribution is 5.25. The molecule has 2 atom stereocenters. The fourth-order valence-corrected chi connectivity index (χ4v) is 2.66. The van der Waals surface area contributed by atoms with Gasteiger partial charge in [0, 0.05) is 12.6 Å². The average molecular weight is 247 g/mol. The highest BCUT2D eigenvalue weighted by atomic mass is 16.5. The summed E-state index contributed by atoms with van der Waals surface area (Å²) in [5.41, 5.74) is 2.80. The Morgan fingerprint density at radius 3 is 2.61 bits per heavy atom. The first kappa shape index (κ1) is 13.6. The van der Waals surface area contributed by atoms with E-state index in [-0.39, 0.29) is 0 Å². The molecule has 0 aromatic heterocycles. The van der Waals surface area contributed by atoms with Gasteiger partial charge < -0.3 is 10.1 Å². The van der Waals surface area contributed by atoms with Crippen molar-refractivity contribution in [3.63, 3.8) is 0 Å². The summed E-state index contributed by atoms with van der Waals surface area (Å²) in [6.07, 6.45) is 5.09. The van der Waals surface area contributed by atoms with Crippen LogP contribution in [0.25, 0.3) is 0 Å². The van der Waals surface area contributed by atoms with Crippen molar-refractivity contribution in [1.29, 1.82) is 0 Å². The van der Waals surface area contributed by atoms with Gasteiger partial charge in [0.15, 0.2) is 0 Å². The van der Waals surface area contributed by atoms with E-state index in [1.807, 2.05) is 0 Å². The molecule has 0 saturated carbocycles. The van der Waals surface area contributed by atoms with Gasteiger partial charge in [0.1, 0.15) is 0 Å². The van der Waals surface area contributed by atoms with Crippen LogP contribution in [0.3, 0.4) is 0 Å². The van der Waals surface area contributed by atoms with Crippen molar-refractivity contribution in [3.05, 3.63) is 35.4 Å². The maximum absolute atomic E-state index is 5.76. The van der Waals surface area contributed by atoms with Gasteiger partial charge in [-0.2, -0.15) is 0 Å². The molecule has 1 aromatic rings. The first-order valence-corrected chi connectivity index (χ1v) is 7.27. The summed E-state index contributed by atoms with van der Waals surface area (Å²) in [4.78, 5) is 0. The van der Waals surface area contributed by atoms with Crippen LogP contribution in [-0.2, 0) is 11.2 Å². The highest BCUT2D eigenvalue weighted by Crippen LogP contribution is 2.25. The Balaban J connectivity index is 2.02. The molecule has 100 valence electrons. The van der Waals surface area contributed by atoms with Crippen LogP contribution in [0.4, 0.5) is 0 Å². The zero-order chi connectivity index (χ0) is 12.8. The lowest BCUT2D eigenvalue weighted by Gasteiger charge is -2.22. The van der Waals surface area contributed by atoms with Gasteiger partial charge in [0.2, 0.25) is 0 Å².